The van der Waals surface area contributed by atoms with E-state index in [4.69, 9.17) is 0 Å². The predicted molar refractivity (Wildman–Crippen MR) is 53.1 cm³/mol. The van der Waals surface area contributed by atoms with E-state index in [1.165, 1.54) is 0 Å². The lowest BCUT2D eigenvalue weighted by molar-refractivity contribution is -0.179. The molecule has 0 aliphatic carbocycles. The summed E-state index contributed by atoms with van der Waals surface area (Å²) in [6.45, 7) is 0. The van der Waals surface area contributed by atoms with Gasteiger partial charge in [-0.2, -0.15) is 0 Å². The van der Waals surface area contributed by atoms with Gasteiger partial charge in [-0.05, 0) is 5.56 Å². The number of ether oxygens (including phenoxy) is 1. The maximum absolute atomic E-state index is 12.7. The summed E-state index contributed by atoms with van der Waals surface area (Å²) in [5.74, 6) is -1.33. The summed E-state index contributed by atoms with van der Waals surface area (Å²) in [6, 6.07) is 8.09. The molecular formula is C11H12F2O3. The molecule has 1 aromatic carbocycles. The molecule has 1 N–H and O–H groups in total. The van der Waals surface area contributed by atoms with Crippen LogP contribution in [0.25, 0.3) is 0 Å². The van der Waals surface area contributed by atoms with E-state index in [1.807, 2.05) is 0 Å². The first-order chi connectivity index (χ1) is 7.50. The van der Waals surface area contributed by atoms with Gasteiger partial charge in [0.05, 0.1) is 7.11 Å². The van der Waals surface area contributed by atoms with Crippen LogP contribution in [0.5, 0.6) is 0 Å². The second-order valence-electron chi connectivity index (χ2n) is 3.38. The van der Waals surface area contributed by atoms with E-state index < -0.39 is 24.4 Å². The van der Waals surface area contributed by atoms with Crippen molar-refractivity contribution in [2.75, 3.05) is 7.11 Å². The van der Waals surface area contributed by atoms with Crippen LogP contribution in [0.15, 0.2) is 30.3 Å². The molecule has 0 aliphatic heterocycles. The first kappa shape index (κ1) is 12.6. The van der Waals surface area contributed by atoms with Gasteiger partial charge in [0.2, 0.25) is 5.60 Å². The fourth-order valence-corrected chi connectivity index (χ4v) is 1.32. The van der Waals surface area contributed by atoms with Crippen LogP contribution in [0.2, 0.25) is 0 Å². The molecule has 1 aromatic rings. The third kappa shape index (κ3) is 2.55. The van der Waals surface area contributed by atoms with E-state index in [2.05, 4.69) is 4.74 Å². The molecule has 3 nitrogen and oxygen atoms in total. The summed E-state index contributed by atoms with van der Waals surface area (Å²) in [5, 5.41) is 9.59. The average molecular weight is 230 g/mol. The summed E-state index contributed by atoms with van der Waals surface area (Å²) in [6.07, 6.45) is -3.67. The highest BCUT2D eigenvalue weighted by atomic mass is 19.3. The molecule has 0 aromatic heterocycles. The van der Waals surface area contributed by atoms with Crippen molar-refractivity contribution in [1.82, 2.24) is 0 Å². The number of aliphatic hydroxyl groups is 1. The van der Waals surface area contributed by atoms with Gasteiger partial charge in [-0.15, -0.1) is 0 Å². The van der Waals surface area contributed by atoms with Crippen LogP contribution in [0.4, 0.5) is 8.78 Å². The zero-order chi connectivity index (χ0) is 12.2. The highest BCUT2D eigenvalue weighted by molar-refractivity contribution is 5.80. The lowest BCUT2D eigenvalue weighted by Gasteiger charge is -2.24. The normalized spacial score (nSPS) is 14.6. The Balaban J connectivity index is 2.92. The topological polar surface area (TPSA) is 46.5 Å². The molecule has 0 amide bonds. The van der Waals surface area contributed by atoms with Gasteiger partial charge in [0, 0.05) is 6.42 Å². The second-order valence-corrected chi connectivity index (χ2v) is 3.38. The molecule has 88 valence electrons. The van der Waals surface area contributed by atoms with Crippen LogP contribution in [0.1, 0.15) is 5.56 Å². The lowest BCUT2D eigenvalue weighted by atomic mass is 9.95. The van der Waals surface area contributed by atoms with Gasteiger partial charge in [0.25, 0.3) is 6.43 Å². The molecule has 16 heavy (non-hydrogen) atoms. The molecular weight excluding hydrogens is 218 g/mol. The summed E-state index contributed by atoms with van der Waals surface area (Å²) in [5.41, 5.74) is -2.34. The Labute approximate surface area is 91.7 Å². The number of benzene rings is 1. The number of carbonyl (C=O) groups is 1. The Hall–Kier alpha value is -1.49. The number of rotatable bonds is 4. The van der Waals surface area contributed by atoms with Gasteiger partial charge in [0.1, 0.15) is 0 Å². The molecule has 1 rings (SSSR count). The molecule has 0 spiro atoms. The average Bonchev–Trinajstić information content (AvgIpc) is 2.28. The first-order valence-corrected chi connectivity index (χ1v) is 4.63. The van der Waals surface area contributed by atoms with E-state index in [0.29, 0.717) is 5.56 Å². The van der Waals surface area contributed by atoms with Crippen LogP contribution in [-0.4, -0.2) is 30.2 Å². The van der Waals surface area contributed by atoms with Crippen LogP contribution < -0.4 is 0 Å². The molecule has 0 saturated heterocycles. The highest BCUT2D eigenvalue weighted by Crippen LogP contribution is 2.22. The Morgan fingerprint density at radius 1 is 1.44 bits per heavy atom. The minimum absolute atomic E-state index is 0.440. The van der Waals surface area contributed by atoms with Gasteiger partial charge >= 0.3 is 5.97 Å². The summed E-state index contributed by atoms with van der Waals surface area (Å²) >= 11 is 0. The number of halogens is 2. The quantitative estimate of drug-likeness (QED) is 0.795. The van der Waals surface area contributed by atoms with Crippen molar-refractivity contribution in [3.8, 4) is 0 Å². The molecule has 1 unspecified atom stereocenters. The third-order valence-corrected chi connectivity index (χ3v) is 2.22. The summed E-state index contributed by atoms with van der Waals surface area (Å²) in [7, 11) is 0.959. The minimum atomic E-state index is -3.19. The van der Waals surface area contributed by atoms with Gasteiger partial charge in [-0.25, -0.2) is 13.6 Å². The van der Waals surface area contributed by atoms with Crippen LogP contribution in [0.3, 0.4) is 0 Å². The van der Waals surface area contributed by atoms with Crippen LogP contribution in [-0.2, 0) is 16.0 Å². The molecule has 0 saturated carbocycles. The Bertz CT molecular complexity index is 354. The van der Waals surface area contributed by atoms with Gasteiger partial charge in [0.15, 0.2) is 0 Å². The maximum atomic E-state index is 12.7. The number of alkyl halides is 2. The number of carbonyl (C=O) groups excluding carboxylic acids is 1. The molecule has 0 aliphatic rings. The monoisotopic (exact) mass is 230 g/mol. The van der Waals surface area contributed by atoms with E-state index >= 15 is 0 Å². The number of hydrogen-bond acceptors (Lipinski definition) is 3. The van der Waals surface area contributed by atoms with Crippen molar-refractivity contribution in [3.63, 3.8) is 0 Å². The molecule has 0 bridgehead atoms. The van der Waals surface area contributed by atoms with Crippen molar-refractivity contribution in [2.45, 2.75) is 18.4 Å². The first-order valence-electron chi connectivity index (χ1n) is 4.63. The SMILES string of the molecule is COC(=O)C(O)(Cc1ccccc1)C(F)F. The number of methoxy groups -OCH3 is 1. The second kappa shape index (κ2) is 5.03. The van der Waals surface area contributed by atoms with E-state index in [9.17, 15) is 18.7 Å². The van der Waals surface area contributed by atoms with Crippen LogP contribution in [0, 0.1) is 0 Å². The number of esters is 1. The number of hydrogen-bond donors (Lipinski definition) is 1. The zero-order valence-electron chi connectivity index (χ0n) is 8.69. The highest BCUT2D eigenvalue weighted by Gasteiger charge is 2.46. The molecule has 5 heteroatoms. The summed E-state index contributed by atoms with van der Waals surface area (Å²) in [4.78, 5) is 11.1. The molecule has 0 radical (unpaired) electrons. The fraction of sp³-hybridized carbons (Fsp3) is 0.364. The molecule has 0 heterocycles. The smallest absolute Gasteiger partial charge is 0.344 e. The van der Waals surface area contributed by atoms with Crippen molar-refractivity contribution in [1.29, 1.82) is 0 Å². The Morgan fingerprint density at radius 2 is 2.00 bits per heavy atom. The van der Waals surface area contributed by atoms with Gasteiger partial charge in [-0.3, -0.25) is 0 Å². The predicted octanol–water partition coefficient (Wildman–Crippen LogP) is 1.40. The lowest BCUT2D eigenvalue weighted by Crippen LogP contribution is -2.48. The third-order valence-electron chi connectivity index (χ3n) is 2.22. The minimum Gasteiger partial charge on any atom is -0.467 e. The largest absolute Gasteiger partial charge is 0.467 e. The fourth-order valence-electron chi connectivity index (χ4n) is 1.32. The Morgan fingerprint density at radius 3 is 2.44 bits per heavy atom. The zero-order valence-corrected chi connectivity index (χ0v) is 8.69. The van der Waals surface area contributed by atoms with Crippen LogP contribution >= 0.6 is 0 Å². The van der Waals surface area contributed by atoms with Crippen molar-refractivity contribution < 1.29 is 23.4 Å². The Kier molecular flexibility index (Phi) is 3.95. The summed E-state index contributed by atoms with van der Waals surface area (Å²) < 4.78 is 29.5. The van der Waals surface area contributed by atoms with Crippen molar-refractivity contribution in [3.05, 3.63) is 35.9 Å². The van der Waals surface area contributed by atoms with Crippen molar-refractivity contribution >= 4 is 5.97 Å². The van der Waals surface area contributed by atoms with Gasteiger partial charge in [-0.1, -0.05) is 30.3 Å². The van der Waals surface area contributed by atoms with Crippen molar-refractivity contribution in [2.24, 2.45) is 0 Å². The molecule has 0 fully saturated rings. The molecule has 1 atom stereocenters. The van der Waals surface area contributed by atoms with E-state index in [0.717, 1.165) is 7.11 Å². The van der Waals surface area contributed by atoms with E-state index in [1.54, 1.807) is 30.3 Å². The maximum Gasteiger partial charge on any atom is 0.344 e. The standard InChI is InChI=1S/C11H12F2O3/c1-16-10(14)11(15,9(12)13)7-8-5-3-2-4-6-8/h2-6,9,15H,7H2,1H3. The van der Waals surface area contributed by atoms with E-state index in [-0.39, 0.29) is 0 Å². The van der Waals surface area contributed by atoms with Gasteiger partial charge < -0.3 is 9.84 Å².